The lowest BCUT2D eigenvalue weighted by Crippen LogP contribution is -2.06. The molecule has 1 heterocycles. The molecule has 0 aliphatic carbocycles. The Morgan fingerprint density at radius 2 is 2.10 bits per heavy atom. The summed E-state index contributed by atoms with van der Waals surface area (Å²) in [6, 6.07) is 5.86. The number of aromatic nitrogens is 2. The summed E-state index contributed by atoms with van der Waals surface area (Å²) in [5.74, 6) is 0.828. The van der Waals surface area contributed by atoms with Gasteiger partial charge in [0.15, 0.2) is 0 Å². The van der Waals surface area contributed by atoms with Gasteiger partial charge >= 0.3 is 0 Å². The van der Waals surface area contributed by atoms with Crippen LogP contribution in [0.1, 0.15) is 18.3 Å². The standard InChI is InChI=1S/C14H17Br2N3O/c1-4-11-14(16)13(19(2)18-11)8-17-12-7-9(20-3)5-6-10(12)15/h5-7,17H,4,8H2,1-3H3. The van der Waals surface area contributed by atoms with Gasteiger partial charge in [0.1, 0.15) is 5.75 Å². The summed E-state index contributed by atoms with van der Waals surface area (Å²) >= 11 is 7.16. The highest BCUT2D eigenvalue weighted by Gasteiger charge is 2.12. The number of anilines is 1. The Balaban J connectivity index is 2.18. The maximum Gasteiger partial charge on any atom is 0.121 e. The number of halogens is 2. The molecule has 1 aromatic heterocycles. The van der Waals surface area contributed by atoms with Gasteiger partial charge < -0.3 is 10.1 Å². The second kappa shape index (κ2) is 6.63. The van der Waals surface area contributed by atoms with Gasteiger partial charge in [-0.2, -0.15) is 5.10 Å². The second-order valence-electron chi connectivity index (χ2n) is 4.38. The number of hydrogen-bond acceptors (Lipinski definition) is 3. The number of nitrogens with zero attached hydrogens (tertiary/aromatic N) is 2. The molecule has 0 aliphatic heterocycles. The van der Waals surface area contributed by atoms with Crippen LogP contribution < -0.4 is 10.1 Å². The van der Waals surface area contributed by atoms with Crippen LogP contribution in [0.3, 0.4) is 0 Å². The first-order chi connectivity index (χ1) is 9.56. The van der Waals surface area contributed by atoms with Crippen molar-refractivity contribution in [1.82, 2.24) is 9.78 Å². The number of aryl methyl sites for hydroxylation is 2. The molecule has 0 fully saturated rings. The highest BCUT2D eigenvalue weighted by atomic mass is 79.9. The molecule has 0 amide bonds. The number of methoxy groups -OCH3 is 1. The molecular formula is C14H17Br2N3O. The van der Waals surface area contributed by atoms with Gasteiger partial charge in [0.25, 0.3) is 0 Å². The molecule has 6 heteroatoms. The van der Waals surface area contributed by atoms with E-state index < -0.39 is 0 Å². The van der Waals surface area contributed by atoms with Crippen molar-refractivity contribution in [3.8, 4) is 5.75 Å². The molecule has 0 spiro atoms. The topological polar surface area (TPSA) is 39.1 Å². The minimum atomic E-state index is 0.690. The van der Waals surface area contributed by atoms with Gasteiger partial charge in [0, 0.05) is 17.6 Å². The van der Waals surface area contributed by atoms with E-state index in [9.17, 15) is 0 Å². The first-order valence-electron chi connectivity index (χ1n) is 6.34. The Kier molecular flexibility index (Phi) is 5.10. The zero-order valence-corrected chi connectivity index (χ0v) is 14.9. The van der Waals surface area contributed by atoms with E-state index in [-0.39, 0.29) is 0 Å². The van der Waals surface area contributed by atoms with Crippen LogP contribution >= 0.6 is 31.9 Å². The first kappa shape index (κ1) is 15.4. The van der Waals surface area contributed by atoms with Crippen LogP contribution in [0.15, 0.2) is 27.1 Å². The van der Waals surface area contributed by atoms with Crippen LogP contribution in [-0.2, 0) is 20.0 Å². The van der Waals surface area contributed by atoms with Crippen molar-refractivity contribution in [2.24, 2.45) is 7.05 Å². The number of ether oxygens (including phenoxy) is 1. The molecule has 4 nitrogen and oxygen atoms in total. The molecule has 0 bridgehead atoms. The van der Waals surface area contributed by atoms with Crippen LogP contribution in [-0.4, -0.2) is 16.9 Å². The van der Waals surface area contributed by atoms with E-state index in [1.807, 2.05) is 29.9 Å². The fourth-order valence-electron chi connectivity index (χ4n) is 1.96. The van der Waals surface area contributed by atoms with Gasteiger partial charge in [-0.05, 0) is 50.4 Å². The van der Waals surface area contributed by atoms with E-state index in [4.69, 9.17) is 4.74 Å². The van der Waals surface area contributed by atoms with Gasteiger partial charge in [-0.25, -0.2) is 0 Å². The van der Waals surface area contributed by atoms with Crippen molar-refractivity contribution in [1.29, 1.82) is 0 Å². The predicted molar refractivity (Wildman–Crippen MR) is 88.3 cm³/mol. The summed E-state index contributed by atoms with van der Waals surface area (Å²) in [7, 11) is 3.62. The van der Waals surface area contributed by atoms with E-state index >= 15 is 0 Å². The lowest BCUT2D eigenvalue weighted by atomic mass is 10.2. The van der Waals surface area contributed by atoms with E-state index in [1.54, 1.807) is 7.11 Å². The predicted octanol–water partition coefficient (Wildman–Crippen LogP) is 4.13. The van der Waals surface area contributed by atoms with Crippen LogP contribution in [0.4, 0.5) is 5.69 Å². The zero-order chi connectivity index (χ0) is 14.7. The Bertz CT molecular complexity index is 611. The van der Waals surface area contributed by atoms with Gasteiger partial charge in [-0.15, -0.1) is 0 Å². The number of hydrogen-bond donors (Lipinski definition) is 1. The molecule has 1 aromatic carbocycles. The molecular weight excluding hydrogens is 386 g/mol. The molecule has 0 unspecified atom stereocenters. The highest BCUT2D eigenvalue weighted by Crippen LogP contribution is 2.29. The third kappa shape index (κ3) is 3.17. The van der Waals surface area contributed by atoms with Crippen LogP contribution in [0, 0.1) is 0 Å². The summed E-state index contributed by atoms with van der Waals surface area (Å²) in [6.07, 6.45) is 0.914. The summed E-state index contributed by atoms with van der Waals surface area (Å²) in [5, 5.41) is 7.90. The fraction of sp³-hybridized carbons (Fsp3) is 0.357. The SMILES string of the molecule is CCc1nn(C)c(CNc2cc(OC)ccc2Br)c1Br. The largest absolute Gasteiger partial charge is 0.497 e. The highest BCUT2D eigenvalue weighted by molar-refractivity contribution is 9.11. The smallest absolute Gasteiger partial charge is 0.121 e. The molecule has 108 valence electrons. The summed E-state index contributed by atoms with van der Waals surface area (Å²) in [4.78, 5) is 0. The monoisotopic (exact) mass is 401 g/mol. The Morgan fingerprint density at radius 3 is 2.70 bits per heavy atom. The van der Waals surface area contributed by atoms with Gasteiger partial charge in [0.2, 0.25) is 0 Å². The lowest BCUT2D eigenvalue weighted by molar-refractivity contribution is 0.415. The number of rotatable bonds is 5. The average molecular weight is 403 g/mol. The van der Waals surface area contributed by atoms with Crippen LogP contribution in [0.5, 0.6) is 5.75 Å². The second-order valence-corrected chi connectivity index (χ2v) is 6.03. The maximum absolute atomic E-state index is 5.24. The Morgan fingerprint density at radius 1 is 1.35 bits per heavy atom. The van der Waals surface area contributed by atoms with Crippen molar-refractivity contribution >= 4 is 37.5 Å². The summed E-state index contributed by atoms with van der Waals surface area (Å²) in [5.41, 5.74) is 3.20. The van der Waals surface area contributed by atoms with Crippen molar-refractivity contribution in [3.63, 3.8) is 0 Å². The van der Waals surface area contributed by atoms with Crippen LogP contribution in [0.25, 0.3) is 0 Å². The van der Waals surface area contributed by atoms with Crippen molar-refractivity contribution in [2.75, 3.05) is 12.4 Å². The zero-order valence-electron chi connectivity index (χ0n) is 11.7. The van der Waals surface area contributed by atoms with E-state index in [0.29, 0.717) is 6.54 Å². The van der Waals surface area contributed by atoms with E-state index in [1.165, 1.54) is 0 Å². The van der Waals surface area contributed by atoms with Crippen molar-refractivity contribution in [2.45, 2.75) is 19.9 Å². The van der Waals surface area contributed by atoms with E-state index in [0.717, 1.165) is 38.2 Å². The van der Waals surface area contributed by atoms with Gasteiger partial charge in [0.05, 0.1) is 35.2 Å². The minimum Gasteiger partial charge on any atom is -0.497 e. The number of nitrogens with one attached hydrogen (secondary N) is 1. The summed E-state index contributed by atoms with van der Waals surface area (Å²) < 4.78 is 9.23. The number of benzene rings is 1. The normalized spacial score (nSPS) is 10.7. The van der Waals surface area contributed by atoms with E-state index in [2.05, 4.69) is 49.2 Å². The Labute approximate surface area is 135 Å². The van der Waals surface area contributed by atoms with Crippen LogP contribution in [0.2, 0.25) is 0 Å². The van der Waals surface area contributed by atoms with Gasteiger partial charge in [-0.3, -0.25) is 4.68 Å². The molecule has 0 radical (unpaired) electrons. The van der Waals surface area contributed by atoms with Crippen molar-refractivity contribution in [3.05, 3.63) is 38.5 Å². The minimum absolute atomic E-state index is 0.690. The molecule has 20 heavy (non-hydrogen) atoms. The lowest BCUT2D eigenvalue weighted by Gasteiger charge is -2.11. The molecule has 0 saturated heterocycles. The summed E-state index contributed by atoms with van der Waals surface area (Å²) in [6.45, 7) is 2.79. The van der Waals surface area contributed by atoms with Crippen molar-refractivity contribution < 1.29 is 4.74 Å². The molecule has 0 atom stereocenters. The third-order valence-electron chi connectivity index (χ3n) is 3.12. The average Bonchev–Trinajstić information content (AvgIpc) is 2.73. The van der Waals surface area contributed by atoms with Gasteiger partial charge in [-0.1, -0.05) is 6.92 Å². The molecule has 0 aliphatic rings. The fourth-order valence-corrected chi connectivity index (χ4v) is 3.10. The maximum atomic E-state index is 5.24. The molecule has 0 saturated carbocycles. The molecule has 2 rings (SSSR count). The molecule has 2 aromatic rings. The third-order valence-corrected chi connectivity index (χ3v) is 4.73. The quantitative estimate of drug-likeness (QED) is 0.817. The molecule has 1 N–H and O–H groups in total. The first-order valence-corrected chi connectivity index (χ1v) is 7.93. The Hall–Kier alpha value is -1.01.